The molecule has 2 aromatic heterocycles. The van der Waals surface area contributed by atoms with Crippen molar-refractivity contribution in [1.82, 2.24) is 25.5 Å². The molecule has 3 N–H and O–H groups in total. The zero-order valence-electron chi connectivity index (χ0n) is 16.8. The van der Waals surface area contributed by atoms with E-state index in [4.69, 9.17) is 0 Å². The minimum absolute atomic E-state index is 0.0288. The first-order chi connectivity index (χ1) is 14.8. The number of carbonyl (C=O) groups is 3. The van der Waals surface area contributed by atoms with Crippen LogP contribution in [0.2, 0.25) is 0 Å². The maximum atomic E-state index is 13.0. The van der Waals surface area contributed by atoms with E-state index in [-0.39, 0.29) is 41.3 Å². The largest absolute Gasteiger partial charge is 0.504 e. The van der Waals surface area contributed by atoms with Crippen LogP contribution in [-0.2, 0) is 11.3 Å². The van der Waals surface area contributed by atoms with Gasteiger partial charge in [0.05, 0.1) is 6.54 Å². The third kappa shape index (κ3) is 4.74. The molecule has 2 heterocycles. The normalized spacial score (nSPS) is 10.5. The lowest BCUT2D eigenvalue weighted by Gasteiger charge is -2.17. The van der Waals surface area contributed by atoms with Crippen molar-refractivity contribution in [3.63, 3.8) is 0 Å². The number of hydrogen-bond acceptors (Lipinski definition) is 6. The smallest absolute Gasteiger partial charge is 0.274 e. The summed E-state index contributed by atoms with van der Waals surface area (Å²) in [5.74, 6) is -2.61. The van der Waals surface area contributed by atoms with Crippen LogP contribution in [0, 0.1) is 5.82 Å². The van der Waals surface area contributed by atoms with E-state index in [1.54, 1.807) is 6.07 Å². The van der Waals surface area contributed by atoms with Gasteiger partial charge in [0.1, 0.15) is 17.0 Å². The van der Waals surface area contributed by atoms with Crippen LogP contribution in [0.3, 0.4) is 0 Å². The molecule has 0 aliphatic carbocycles. The Morgan fingerprint density at radius 1 is 1.13 bits per heavy atom. The van der Waals surface area contributed by atoms with E-state index < -0.39 is 23.4 Å². The van der Waals surface area contributed by atoms with Crippen molar-refractivity contribution < 1.29 is 23.9 Å². The molecule has 31 heavy (non-hydrogen) atoms. The van der Waals surface area contributed by atoms with Gasteiger partial charge < -0.3 is 20.6 Å². The Morgan fingerprint density at radius 3 is 2.52 bits per heavy atom. The predicted molar refractivity (Wildman–Crippen MR) is 110 cm³/mol. The highest BCUT2D eigenvalue weighted by atomic mass is 19.1. The average molecular weight is 425 g/mol. The second kappa shape index (κ2) is 9.16. The van der Waals surface area contributed by atoms with Crippen LogP contribution in [0.1, 0.15) is 26.5 Å². The summed E-state index contributed by atoms with van der Waals surface area (Å²) in [4.78, 5) is 46.5. The summed E-state index contributed by atoms with van der Waals surface area (Å²) in [6.07, 6.45) is 1.41. The number of halogens is 1. The number of carbonyl (C=O) groups excluding carboxylic acids is 3. The monoisotopic (exact) mass is 425 g/mol. The van der Waals surface area contributed by atoms with Crippen molar-refractivity contribution in [2.45, 2.75) is 6.54 Å². The first kappa shape index (κ1) is 21.6. The molecule has 0 saturated heterocycles. The van der Waals surface area contributed by atoms with E-state index in [1.165, 1.54) is 50.6 Å². The average Bonchev–Trinajstić information content (AvgIpc) is 2.78. The molecule has 0 aliphatic rings. The van der Waals surface area contributed by atoms with Crippen LogP contribution in [-0.4, -0.2) is 58.3 Å². The van der Waals surface area contributed by atoms with Gasteiger partial charge in [-0.05, 0) is 29.8 Å². The van der Waals surface area contributed by atoms with Gasteiger partial charge >= 0.3 is 0 Å². The van der Waals surface area contributed by atoms with Gasteiger partial charge in [-0.2, -0.15) is 0 Å². The number of nitrogens with zero attached hydrogens (tertiary/aromatic N) is 3. The molecule has 0 radical (unpaired) electrons. The molecule has 0 unspecified atom stereocenters. The van der Waals surface area contributed by atoms with Gasteiger partial charge in [0.25, 0.3) is 11.8 Å². The highest BCUT2D eigenvalue weighted by molar-refractivity contribution is 6.09. The minimum Gasteiger partial charge on any atom is -0.504 e. The topological polar surface area (TPSA) is 125 Å². The maximum Gasteiger partial charge on any atom is 0.274 e. The number of aromatic hydroxyl groups is 1. The molecular formula is C21H20FN5O4. The highest BCUT2D eigenvalue weighted by Gasteiger charge is 2.25. The Balaban J connectivity index is 1.95. The zero-order valence-corrected chi connectivity index (χ0v) is 16.8. The highest BCUT2D eigenvalue weighted by Crippen LogP contribution is 2.28. The number of fused-ring (bicyclic) bond motifs is 1. The Hall–Kier alpha value is -4.08. The van der Waals surface area contributed by atoms with E-state index in [9.17, 15) is 23.9 Å². The third-order valence-electron chi connectivity index (χ3n) is 4.53. The second-order valence-corrected chi connectivity index (χ2v) is 6.70. The molecule has 0 spiro atoms. The summed E-state index contributed by atoms with van der Waals surface area (Å²) >= 11 is 0. The molecule has 3 amide bonds. The van der Waals surface area contributed by atoms with Gasteiger partial charge in [0.15, 0.2) is 11.4 Å². The van der Waals surface area contributed by atoms with Gasteiger partial charge in [-0.25, -0.2) is 9.37 Å². The molecule has 0 atom stereocenters. The van der Waals surface area contributed by atoms with E-state index in [1.807, 2.05) is 0 Å². The summed E-state index contributed by atoms with van der Waals surface area (Å²) in [6.45, 7) is -0.161. The quantitative estimate of drug-likeness (QED) is 0.546. The van der Waals surface area contributed by atoms with Crippen LogP contribution in [0.5, 0.6) is 5.75 Å². The molecule has 0 saturated carbocycles. The van der Waals surface area contributed by atoms with Gasteiger partial charge in [-0.1, -0.05) is 12.1 Å². The molecule has 9 nitrogen and oxygen atoms in total. The van der Waals surface area contributed by atoms with E-state index >= 15 is 0 Å². The number of nitrogens with one attached hydrogen (secondary N) is 2. The predicted octanol–water partition coefficient (Wildman–Crippen LogP) is 1.22. The first-order valence-corrected chi connectivity index (χ1v) is 9.28. The maximum absolute atomic E-state index is 13.0. The van der Waals surface area contributed by atoms with Crippen LogP contribution in [0.4, 0.5) is 4.39 Å². The molecule has 1 aromatic carbocycles. The molecule has 160 valence electrons. The molecule has 10 heteroatoms. The van der Waals surface area contributed by atoms with Gasteiger partial charge in [-0.3, -0.25) is 19.4 Å². The van der Waals surface area contributed by atoms with Crippen molar-refractivity contribution in [3.05, 3.63) is 65.4 Å². The van der Waals surface area contributed by atoms with Crippen molar-refractivity contribution in [2.75, 3.05) is 20.6 Å². The van der Waals surface area contributed by atoms with Crippen LogP contribution in [0.15, 0.2) is 42.6 Å². The number of aromatic nitrogens is 2. The molecule has 0 fully saturated rings. The van der Waals surface area contributed by atoms with Gasteiger partial charge in [-0.15, -0.1) is 0 Å². The van der Waals surface area contributed by atoms with Crippen molar-refractivity contribution in [3.8, 4) is 5.75 Å². The summed E-state index contributed by atoms with van der Waals surface area (Å²) < 4.78 is 13.0. The third-order valence-corrected chi connectivity index (χ3v) is 4.53. The Kier molecular flexibility index (Phi) is 6.39. The molecule has 0 bridgehead atoms. The lowest BCUT2D eigenvalue weighted by Crippen LogP contribution is -2.37. The number of likely N-dealkylation sites (N-methyl/N-ethyl adjacent to an activating group) is 2. The Labute approximate surface area is 176 Å². The fourth-order valence-corrected chi connectivity index (χ4v) is 2.86. The number of amides is 3. The number of rotatable bonds is 6. The second-order valence-electron chi connectivity index (χ2n) is 6.70. The fourth-order valence-electron chi connectivity index (χ4n) is 2.86. The lowest BCUT2D eigenvalue weighted by atomic mass is 10.1. The Bertz CT molecular complexity index is 1150. The van der Waals surface area contributed by atoms with Crippen LogP contribution >= 0.6 is 0 Å². The summed E-state index contributed by atoms with van der Waals surface area (Å²) in [5.41, 5.74) is 0.153. The van der Waals surface area contributed by atoms with E-state index in [2.05, 4.69) is 20.6 Å². The number of pyridine rings is 2. The minimum atomic E-state index is -0.739. The fraction of sp³-hybridized carbons (Fsp3) is 0.190. The van der Waals surface area contributed by atoms with E-state index in [0.29, 0.717) is 5.56 Å². The first-order valence-electron chi connectivity index (χ1n) is 9.28. The molecule has 3 rings (SSSR count). The lowest BCUT2D eigenvalue weighted by molar-refractivity contribution is -0.121. The van der Waals surface area contributed by atoms with Crippen LogP contribution in [0.25, 0.3) is 10.9 Å². The zero-order chi connectivity index (χ0) is 22.5. The van der Waals surface area contributed by atoms with Crippen molar-refractivity contribution in [1.29, 1.82) is 0 Å². The summed E-state index contributed by atoms with van der Waals surface area (Å²) in [7, 11) is 2.87. The number of benzene rings is 1. The van der Waals surface area contributed by atoms with Gasteiger partial charge in [0.2, 0.25) is 5.91 Å². The molecular weight excluding hydrogens is 405 g/mol. The van der Waals surface area contributed by atoms with Crippen molar-refractivity contribution in [2.24, 2.45) is 0 Å². The SMILES string of the molecule is CNC(=O)CN(C)C(=O)c1nc(C(=O)NCc2ccc(F)cc2)c(O)c2ncccc12. The van der Waals surface area contributed by atoms with Gasteiger partial charge in [0, 0.05) is 32.2 Å². The van der Waals surface area contributed by atoms with Crippen LogP contribution < -0.4 is 10.6 Å². The number of hydrogen-bond donors (Lipinski definition) is 3. The standard InChI is InChI=1S/C21H20FN5O4/c1-23-15(28)11-27(2)21(31)17-14-4-3-9-24-16(14)19(29)18(26-17)20(30)25-10-12-5-7-13(22)8-6-12/h3-9,29H,10-11H2,1-2H3,(H,23,28)(H,25,30). The molecule has 0 aliphatic heterocycles. The summed E-state index contributed by atoms with van der Waals surface area (Å²) in [5, 5.41) is 15.8. The molecule has 3 aromatic rings. The van der Waals surface area contributed by atoms with E-state index in [0.717, 1.165) is 4.90 Å². The Morgan fingerprint density at radius 2 is 1.84 bits per heavy atom. The van der Waals surface area contributed by atoms with Crippen molar-refractivity contribution >= 4 is 28.6 Å². The summed E-state index contributed by atoms with van der Waals surface area (Å²) in [6, 6.07) is 8.64.